The lowest BCUT2D eigenvalue weighted by molar-refractivity contribution is -0.125. The third-order valence-corrected chi connectivity index (χ3v) is 3.33. The first-order chi connectivity index (χ1) is 9.79. The first kappa shape index (κ1) is 17.4. The molecule has 1 fully saturated rings. The van der Waals surface area contributed by atoms with Crippen LogP contribution in [0, 0.1) is 5.92 Å². The summed E-state index contributed by atoms with van der Waals surface area (Å²) in [7, 11) is 1.66. The van der Waals surface area contributed by atoms with Crippen LogP contribution in [0.2, 0.25) is 0 Å². The first-order valence-corrected chi connectivity index (χ1v) is 7.45. The Morgan fingerprint density at radius 1 is 1.25 bits per heavy atom. The quantitative estimate of drug-likeness (QED) is 0.531. The molecule has 0 aromatic heterocycles. The molecule has 118 valence electrons. The van der Waals surface area contributed by atoms with Gasteiger partial charge < -0.3 is 24.8 Å². The van der Waals surface area contributed by atoms with Crippen molar-refractivity contribution in [1.29, 1.82) is 0 Å². The lowest BCUT2D eigenvalue weighted by Crippen LogP contribution is -2.44. The molecule has 0 bridgehead atoms. The number of rotatable bonds is 11. The molecule has 6 nitrogen and oxygen atoms in total. The molecule has 1 heterocycles. The van der Waals surface area contributed by atoms with Crippen LogP contribution >= 0.6 is 0 Å². The van der Waals surface area contributed by atoms with Crippen molar-refractivity contribution in [1.82, 2.24) is 10.6 Å². The van der Waals surface area contributed by atoms with Gasteiger partial charge in [-0.3, -0.25) is 4.79 Å². The lowest BCUT2D eigenvalue weighted by Gasteiger charge is -2.17. The SMILES string of the molecule is CCNC1COCC1C(=O)NCCCCOCCOC. The normalized spacial score (nSPS) is 22.1. The fourth-order valence-corrected chi connectivity index (χ4v) is 2.19. The number of ether oxygens (including phenoxy) is 3. The molecule has 6 heteroatoms. The van der Waals surface area contributed by atoms with E-state index >= 15 is 0 Å². The van der Waals surface area contributed by atoms with Crippen molar-refractivity contribution in [2.45, 2.75) is 25.8 Å². The molecule has 0 radical (unpaired) electrons. The van der Waals surface area contributed by atoms with Crippen LogP contribution in [0.5, 0.6) is 0 Å². The summed E-state index contributed by atoms with van der Waals surface area (Å²) < 4.78 is 15.6. The highest BCUT2D eigenvalue weighted by Crippen LogP contribution is 2.13. The monoisotopic (exact) mass is 288 g/mol. The molecule has 0 aromatic carbocycles. The number of hydrogen-bond donors (Lipinski definition) is 2. The summed E-state index contributed by atoms with van der Waals surface area (Å²) in [5.41, 5.74) is 0. The van der Waals surface area contributed by atoms with Gasteiger partial charge >= 0.3 is 0 Å². The van der Waals surface area contributed by atoms with Gasteiger partial charge in [-0.2, -0.15) is 0 Å². The van der Waals surface area contributed by atoms with Crippen LogP contribution in [0.3, 0.4) is 0 Å². The summed E-state index contributed by atoms with van der Waals surface area (Å²) in [6.07, 6.45) is 1.87. The van der Waals surface area contributed by atoms with E-state index in [1.165, 1.54) is 0 Å². The van der Waals surface area contributed by atoms with Gasteiger partial charge in [0.15, 0.2) is 0 Å². The van der Waals surface area contributed by atoms with Crippen molar-refractivity contribution in [3.05, 3.63) is 0 Å². The molecule has 2 unspecified atom stereocenters. The number of methoxy groups -OCH3 is 1. The molecule has 1 rings (SSSR count). The Morgan fingerprint density at radius 3 is 2.85 bits per heavy atom. The van der Waals surface area contributed by atoms with Crippen molar-refractivity contribution in [3.63, 3.8) is 0 Å². The lowest BCUT2D eigenvalue weighted by atomic mass is 10.0. The maximum absolute atomic E-state index is 12.0. The Hall–Kier alpha value is -0.690. The number of hydrogen-bond acceptors (Lipinski definition) is 5. The van der Waals surface area contributed by atoms with Crippen molar-refractivity contribution in [2.75, 3.05) is 53.2 Å². The molecule has 1 aliphatic heterocycles. The van der Waals surface area contributed by atoms with Crippen LogP contribution in [0.15, 0.2) is 0 Å². The van der Waals surface area contributed by atoms with E-state index in [0.29, 0.717) is 39.6 Å². The Labute approximate surface area is 121 Å². The molecule has 0 spiro atoms. The molecule has 2 atom stereocenters. The van der Waals surface area contributed by atoms with E-state index in [2.05, 4.69) is 10.6 Å². The molecule has 20 heavy (non-hydrogen) atoms. The van der Waals surface area contributed by atoms with Crippen LogP contribution in [0.25, 0.3) is 0 Å². The van der Waals surface area contributed by atoms with E-state index in [1.54, 1.807) is 7.11 Å². The number of carbonyl (C=O) groups is 1. The maximum atomic E-state index is 12.0. The van der Waals surface area contributed by atoms with E-state index in [1.807, 2.05) is 6.92 Å². The summed E-state index contributed by atoms with van der Waals surface area (Å²) in [6.45, 7) is 6.71. The molecule has 1 amide bonds. The summed E-state index contributed by atoms with van der Waals surface area (Å²) >= 11 is 0. The fourth-order valence-electron chi connectivity index (χ4n) is 2.19. The van der Waals surface area contributed by atoms with Crippen LogP contribution in [-0.4, -0.2) is 65.2 Å². The fraction of sp³-hybridized carbons (Fsp3) is 0.929. The standard InChI is InChI=1S/C14H28N2O4/c1-3-15-13-11-20-10-12(13)14(17)16-6-4-5-7-19-9-8-18-2/h12-13,15H,3-11H2,1-2H3,(H,16,17). The molecular formula is C14H28N2O4. The number of likely N-dealkylation sites (N-methyl/N-ethyl adjacent to an activating group) is 1. The van der Waals surface area contributed by atoms with Gasteiger partial charge in [0.25, 0.3) is 0 Å². The van der Waals surface area contributed by atoms with Crippen LogP contribution in [0.4, 0.5) is 0 Å². The number of amides is 1. The van der Waals surface area contributed by atoms with Crippen molar-refractivity contribution in [3.8, 4) is 0 Å². The second-order valence-corrected chi connectivity index (χ2v) is 4.91. The molecule has 1 saturated heterocycles. The molecule has 0 aliphatic carbocycles. The summed E-state index contributed by atoms with van der Waals surface area (Å²) in [5.74, 6) is 0.0293. The third-order valence-electron chi connectivity index (χ3n) is 3.33. The van der Waals surface area contributed by atoms with E-state index in [9.17, 15) is 4.79 Å². The first-order valence-electron chi connectivity index (χ1n) is 7.45. The Bertz CT molecular complexity index is 264. The predicted molar refractivity (Wildman–Crippen MR) is 76.7 cm³/mol. The van der Waals surface area contributed by atoms with E-state index < -0.39 is 0 Å². The van der Waals surface area contributed by atoms with Gasteiger partial charge in [0.2, 0.25) is 5.91 Å². The summed E-state index contributed by atoms with van der Waals surface area (Å²) in [6, 6.07) is 0.150. The van der Waals surface area contributed by atoms with Gasteiger partial charge in [0.05, 0.1) is 32.3 Å². The van der Waals surface area contributed by atoms with Crippen LogP contribution in [0.1, 0.15) is 19.8 Å². The average molecular weight is 288 g/mol. The third kappa shape index (κ3) is 6.65. The van der Waals surface area contributed by atoms with Gasteiger partial charge in [-0.15, -0.1) is 0 Å². The van der Waals surface area contributed by atoms with Gasteiger partial charge in [0, 0.05) is 26.3 Å². The van der Waals surface area contributed by atoms with Gasteiger partial charge in [-0.1, -0.05) is 6.92 Å². The number of carbonyl (C=O) groups excluding carboxylic acids is 1. The van der Waals surface area contributed by atoms with E-state index in [0.717, 1.165) is 19.4 Å². The summed E-state index contributed by atoms with van der Waals surface area (Å²) in [5, 5.41) is 6.26. The highest BCUT2D eigenvalue weighted by molar-refractivity contribution is 5.79. The minimum atomic E-state index is -0.0621. The second kappa shape index (κ2) is 11.0. The largest absolute Gasteiger partial charge is 0.382 e. The highest BCUT2D eigenvalue weighted by Gasteiger charge is 2.32. The topological polar surface area (TPSA) is 68.8 Å². The molecule has 0 saturated carbocycles. The number of unbranched alkanes of at least 4 members (excludes halogenated alkanes) is 1. The zero-order valence-corrected chi connectivity index (χ0v) is 12.7. The molecule has 2 N–H and O–H groups in total. The van der Waals surface area contributed by atoms with Crippen LogP contribution in [-0.2, 0) is 19.0 Å². The van der Waals surface area contributed by atoms with Gasteiger partial charge in [0.1, 0.15) is 0 Å². The van der Waals surface area contributed by atoms with Gasteiger partial charge in [-0.25, -0.2) is 0 Å². The average Bonchev–Trinajstić information content (AvgIpc) is 2.90. The van der Waals surface area contributed by atoms with Crippen molar-refractivity contribution >= 4 is 5.91 Å². The smallest absolute Gasteiger partial charge is 0.227 e. The van der Waals surface area contributed by atoms with Gasteiger partial charge in [-0.05, 0) is 19.4 Å². The highest BCUT2D eigenvalue weighted by atomic mass is 16.5. The summed E-state index contributed by atoms with van der Waals surface area (Å²) in [4.78, 5) is 12.0. The van der Waals surface area contributed by atoms with E-state index in [4.69, 9.17) is 14.2 Å². The Kier molecular flexibility index (Phi) is 9.57. The Morgan fingerprint density at radius 2 is 2.10 bits per heavy atom. The minimum Gasteiger partial charge on any atom is -0.382 e. The minimum absolute atomic E-state index is 0.0621. The zero-order chi connectivity index (χ0) is 14.6. The molecule has 1 aliphatic rings. The second-order valence-electron chi connectivity index (χ2n) is 4.91. The predicted octanol–water partition coefficient (Wildman–Crippen LogP) is 0.170. The molecular weight excluding hydrogens is 260 g/mol. The molecule has 0 aromatic rings. The van der Waals surface area contributed by atoms with Crippen molar-refractivity contribution in [2.24, 2.45) is 5.92 Å². The maximum Gasteiger partial charge on any atom is 0.227 e. The Balaban J connectivity index is 2.02. The van der Waals surface area contributed by atoms with Crippen molar-refractivity contribution < 1.29 is 19.0 Å². The number of nitrogens with one attached hydrogen (secondary N) is 2. The van der Waals surface area contributed by atoms with Crippen LogP contribution < -0.4 is 10.6 Å². The zero-order valence-electron chi connectivity index (χ0n) is 12.7. The van der Waals surface area contributed by atoms with E-state index in [-0.39, 0.29) is 17.9 Å².